The SMILES string of the molecule is CC(C)N1CC2C(C1)C2c1cc2n(n1)CCC2. The summed E-state index contributed by atoms with van der Waals surface area (Å²) in [4.78, 5) is 2.62. The molecular formula is C14H21N3. The molecule has 2 atom stereocenters. The molecule has 0 aromatic carbocycles. The Bertz CT molecular complexity index is 415. The van der Waals surface area contributed by atoms with Crippen molar-refractivity contribution >= 4 is 0 Å². The van der Waals surface area contributed by atoms with E-state index >= 15 is 0 Å². The van der Waals surface area contributed by atoms with Gasteiger partial charge >= 0.3 is 0 Å². The second-order valence-electron chi connectivity index (χ2n) is 6.29. The van der Waals surface area contributed by atoms with E-state index in [1.807, 2.05) is 0 Å². The second-order valence-corrected chi connectivity index (χ2v) is 6.29. The summed E-state index contributed by atoms with van der Waals surface area (Å²) in [6.07, 6.45) is 2.54. The number of aryl methyl sites for hydroxylation is 2. The van der Waals surface area contributed by atoms with Gasteiger partial charge in [-0.05, 0) is 44.6 Å². The van der Waals surface area contributed by atoms with Crippen LogP contribution in [0.1, 0.15) is 37.6 Å². The summed E-state index contributed by atoms with van der Waals surface area (Å²) < 4.78 is 2.24. The van der Waals surface area contributed by atoms with Gasteiger partial charge in [0.15, 0.2) is 0 Å². The first-order chi connectivity index (χ1) is 8.24. The molecule has 0 spiro atoms. The zero-order valence-electron chi connectivity index (χ0n) is 10.8. The van der Waals surface area contributed by atoms with E-state index < -0.39 is 0 Å². The van der Waals surface area contributed by atoms with Crippen molar-refractivity contribution in [2.45, 2.75) is 45.2 Å². The van der Waals surface area contributed by atoms with Crippen molar-refractivity contribution < 1.29 is 0 Å². The maximum atomic E-state index is 4.80. The van der Waals surface area contributed by atoms with Gasteiger partial charge in [0.1, 0.15) is 0 Å². The largest absolute Gasteiger partial charge is 0.300 e. The predicted octanol–water partition coefficient (Wildman–Crippen LogP) is 1.88. The molecule has 17 heavy (non-hydrogen) atoms. The molecule has 2 fully saturated rings. The minimum absolute atomic E-state index is 0.718. The maximum absolute atomic E-state index is 4.80. The van der Waals surface area contributed by atoms with E-state index in [0.717, 1.165) is 30.3 Å². The molecule has 0 radical (unpaired) electrons. The molecule has 92 valence electrons. The summed E-state index contributed by atoms with van der Waals surface area (Å²) in [5.74, 6) is 2.61. The Labute approximate surface area is 103 Å². The van der Waals surface area contributed by atoms with Crippen LogP contribution in [0.3, 0.4) is 0 Å². The van der Waals surface area contributed by atoms with E-state index in [1.165, 1.54) is 37.3 Å². The highest BCUT2D eigenvalue weighted by Gasteiger charge is 2.57. The Morgan fingerprint density at radius 3 is 2.71 bits per heavy atom. The van der Waals surface area contributed by atoms with Crippen LogP contribution in [-0.2, 0) is 13.0 Å². The van der Waals surface area contributed by atoms with Crippen LogP contribution in [0, 0.1) is 11.8 Å². The van der Waals surface area contributed by atoms with Crippen molar-refractivity contribution in [3.63, 3.8) is 0 Å². The first kappa shape index (κ1) is 10.1. The summed E-state index contributed by atoms with van der Waals surface area (Å²) in [5.41, 5.74) is 2.88. The molecule has 4 rings (SSSR count). The topological polar surface area (TPSA) is 21.1 Å². The Hall–Kier alpha value is -0.830. The minimum atomic E-state index is 0.718. The quantitative estimate of drug-likeness (QED) is 0.775. The molecule has 0 N–H and O–H groups in total. The number of aromatic nitrogens is 2. The lowest BCUT2D eigenvalue weighted by Crippen LogP contribution is -2.31. The molecule has 3 aliphatic rings. The zero-order chi connectivity index (χ0) is 11.6. The van der Waals surface area contributed by atoms with Gasteiger partial charge < -0.3 is 4.90 Å². The zero-order valence-corrected chi connectivity index (χ0v) is 10.8. The van der Waals surface area contributed by atoms with Gasteiger partial charge in [-0.1, -0.05) is 0 Å². The van der Waals surface area contributed by atoms with Crippen LogP contribution in [0.2, 0.25) is 0 Å². The molecule has 0 bridgehead atoms. The highest BCUT2D eigenvalue weighted by atomic mass is 15.3. The first-order valence-corrected chi connectivity index (χ1v) is 7.04. The number of rotatable bonds is 2. The van der Waals surface area contributed by atoms with Crippen molar-refractivity contribution in [2.24, 2.45) is 11.8 Å². The molecule has 1 aliphatic carbocycles. The third-order valence-corrected chi connectivity index (χ3v) is 4.98. The maximum Gasteiger partial charge on any atom is 0.0665 e. The molecule has 0 amide bonds. The van der Waals surface area contributed by atoms with Gasteiger partial charge in [0, 0.05) is 37.3 Å². The monoisotopic (exact) mass is 231 g/mol. The van der Waals surface area contributed by atoms with Crippen LogP contribution in [0.5, 0.6) is 0 Å². The van der Waals surface area contributed by atoms with Gasteiger partial charge in [-0.2, -0.15) is 5.10 Å². The summed E-state index contributed by atoms with van der Waals surface area (Å²) in [5, 5.41) is 4.80. The van der Waals surface area contributed by atoms with E-state index in [2.05, 4.69) is 29.5 Å². The summed E-state index contributed by atoms with van der Waals surface area (Å²) in [6, 6.07) is 3.10. The van der Waals surface area contributed by atoms with Crippen LogP contribution < -0.4 is 0 Å². The summed E-state index contributed by atoms with van der Waals surface area (Å²) >= 11 is 0. The molecular weight excluding hydrogens is 210 g/mol. The third-order valence-electron chi connectivity index (χ3n) is 4.98. The Kier molecular flexibility index (Phi) is 1.99. The van der Waals surface area contributed by atoms with Crippen molar-refractivity contribution in [3.8, 4) is 0 Å². The Balaban J connectivity index is 1.49. The van der Waals surface area contributed by atoms with Gasteiger partial charge in [0.25, 0.3) is 0 Å². The smallest absolute Gasteiger partial charge is 0.0665 e. The normalized spacial score (nSPS) is 35.4. The molecule has 1 saturated heterocycles. The molecule has 3 nitrogen and oxygen atoms in total. The van der Waals surface area contributed by atoms with Crippen molar-refractivity contribution in [2.75, 3.05) is 13.1 Å². The highest BCUT2D eigenvalue weighted by Crippen LogP contribution is 2.58. The molecule has 1 saturated carbocycles. The van der Waals surface area contributed by atoms with Gasteiger partial charge in [0.05, 0.1) is 5.69 Å². The van der Waals surface area contributed by atoms with E-state index in [1.54, 1.807) is 0 Å². The number of nitrogens with zero attached hydrogens (tertiary/aromatic N) is 3. The van der Waals surface area contributed by atoms with Gasteiger partial charge in [-0.3, -0.25) is 4.68 Å². The fraction of sp³-hybridized carbons (Fsp3) is 0.786. The van der Waals surface area contributed by atoms with Crippen LogP contribution in [0.4, 0.5) is 0 Å². The van der Waals surface area contributed by atoms with Crippen LogP contribution in [0.15, 0.2) is 6.07 Å². The number of fused-ring (bicyclic) bond motifs is 2. The van der Waals surface area contributed by atoms with Gasteiger partial charge in [-0.25, -0.2) is 0 Å². The molecule has 3 heteroatoms. The van der Waals surface area contributed by atoms with Gasteiger partial charge in [-0.15, -0.1) is 0 Å². The number of likely N-dealkylation sites (tertiary alicyclic amines) is 1. The number of piperidine rings is 1. The highest BCUT2D eigenvalue weighted by molar-refractivity contribution is 5.27. The van der Waals surface area contributed by atoms with E-state index in [-0.39, 0.29) is 0 Å². The lowest BCUT2D eigenvalue weighted by Gasteiger charge is -2.23. The van der Waals surface area contributed by atoms with Crippen LogP contribution in [-0.4, -0.2) is 33.8 Å². The average molecular weight is 231 g/mol. The fourth-order valence-corrected chi connectivity index (χ4v) is 3.86. The van der Waals surface area contributed by atoms with E-state index in [4.69, 9.17) is 5.10 Å². The Morgan fingerprint density at radius 1 is 1.29 bits per heavy atom. The summed E-state index contributed by atoms with van der Waals surface area (Å²) in [7, 11) is 0. The molecule has 1 aromatic rings. The number of hydrogen-bond acceptors (Lipinski definition) is 2. The van der Waals surface area contributed by atoms with E-state index in [9.17, 15) is 0 Å². The van der Waals surface area contributed by atoms with Gasteiger partial charge in [0.2, 0.25) is 0 Å². The standard InChI is InChI=1S/C14H21N3/c1-9(2)16-7-11-12(8-16)14(11)13-6-10-4-3-5-17(10)15-13/h6,9,11-12,14H,3-5,7-8H2,1-2H3. The Morgan fingerprint density at radius 2 is 2.06 bits per heavy atom. The molecule has 1 aromatic heterocycles. The summed E-state index contributed by atoms with van der Waals surface area (Å²) in [6.45, 7) is 8.37. The minimum Gasteiger partial charge on any atom is -0.300 e. The van der Waals surface area contributed by atoms with Crippen LogP contribution in [0.25, 0.3) is 0 Å². The lowest BCUT2D eigenvalue weighted by atomic mass is 10.1. The first-order valence-electron chi connectivity index (χ1n) is 7.04. The van der Waals surface area contributed by atoms with E-state index in [0.29, 0.717) is 0 Å². The van der Waals surface area contributed by atoms with Crippen molar-refractivity contribution in [3.05, 3.63) is 17.5 Å². The average Bonchev–Trinajstić information content (AvgIpc) is 2.75. The second kappa shape index (κ2) is 3.35. The molecule has 3 heterocycles. The molecule has 2 aliphatic heterocycles. The van der Waals surface area contributed by atoms with Crippen molar-refractivity contribution in [1.82, 2.24) is 14.7 Å². The fourth-order valence-electron chi connectivity index (χ4n) is 3.86. The number of hydrogen-bond donors (Lipinski definition) is 0. The predicted molar refractivity (Wildman–Crippen MR) is 67.0 cm³/mol. The third kappa shape index (κ3) is 1.41. The molecule has 2 unspecified atom stereocenters. The van der Waals surface area contributed by atoms with Crippen LogP contribution >= 0.6 is 0 Å². The van der Waals surface area contributed by atoms with Crippen molar-refractivity contribution in [1.29, 1.82) is 0 Å². The lowest BCUT2D eigenvalue weighted by molar-refractivity contribution is 0.242.